The Balaban J connectivity index is 2.92. The number of halogens is 4. The fraction of sp³-hybridized carbons (Fsp3) is 0.400. The summed E-state index contributed by atoms with van der Waals surface area (Å²) in [6.07, 6.45) is 1.35. The smallest absolute Gasteiger partial charge is 0.211 e. The van der Waals surface area contributed by atoms with Crippen LogP contribution in [-0.2, 0) is 10.0 Å². The maximum atomic E-state index is 13.3. The van der Waals surface area contributed by atoms with Crippen LogP contribution >= 0.6 is 22.6 Å². The molecule has 0 saturated heterocycles. The normalized spacial score (nSPS) is 11.8. The number of nitrogens with one attached hydrogen (secondary N) is 1. The number of unbranched alkanes of at least 4 members (excludes halogenated alkanes) is 1. The topological polar surface area (TPSA) is 46.2 Å². The molecule has 1 aromatic rings. The van der Waals surface area contributed by atoms with Crippen molar-refractivity contribution in [1.82, 2.24) is 4.72 Å². The summed E-state index contributed by atoms with van der Waals surface area (Å²) in [7, 11) is -4.29. The van der Waals surface area contributed by atoms with Gasteiger partial charge in [-0.3, -0.25) is 0 Å². The second-order valence-electron chi connectivity index (χ2n) is 3.49. The Bertz CT molecular complexity index is 499. The maximum absolute atomic E-state index is 13.3. The highest BCUT2D eigenvalue weighted by molar-refractivity contribution is 14.1. The highest BCUT2D eigenvalue weighted by atomic mass is 127. The van der Waals surface area contributed by atoms with Crippen molar-refractivity contribution in [3.8, 4) is 0 Å². The molecule has 1 rings (SSSR count). The van der Waals surface area contributed by atoms with Crippen molar-refractivity contribution in [2.45, 2.75) is 17.7 Å². The standard InChI is InChI=1S/C10H11F3INO2S/c11-7-5-8(12)10(9(13)6-7)18(16,17)15-4-2-1-3-14/h5-6,15H,1-4H2. The van der Waals surface area contributed by atoms with Crippen LogP contribution in [0.2, 0.25) is 0 Å². The summed E-state index contributed by atoms with van der Waals surface area (Å²) in [6, 6.07) is 0.672. The molecule has 0 aliphatic heterocycles. The molecule has 3 nitrogen and oxygen atoms in total. The van der Waals surface area contributed by atoms with Crippen LogP contribution in [0.3, 0.4) is 0 Å². The van der Waals surface area contributed by atoms with Gasteiger partial charge in [-0.05, 0) is 17.3 Å². The number of sulfonamides is 1. The highest BCUT2D eigenvalue weighted by Gasteiger charge is 2.24. The third-order valence-corrected chi connectivity index (χ3v) is 4.36. The zero-order chi connectivity index (χ0) is 13.8. The van der Waals surface area contributed by atoms with E-state index in [1.165, 1.54) is 0 Å². The molecular weight excluding hydrogens is 382 g/mol. The molecule has 1 N–H and O–H groups in total. The van der Waals surface area contributed by atoms with Gasteiger partial charge in [0.05, 0.1) is 0 Å². The van der Waals surface area contributed by atoms with Crippen LogP contribution in [0.25, 0.3) is 0 Å². The molecular formula is C10H11F3INO2S. The first-order valence-corrected chi connectivity index (χ1v) is 8.09. The Morgan fingerprint density at radius 1 is 1.11 bits per heavy atom. The van der Waals surface area contributed by atoms with E-state index in [0.29, 0.717) is 18.6 Å². The van der Waals surface area contributed by atoms with E-state index in [1.807, 2.05) is 0 Å². The van der Waals surface area contributed by atoms with Gasteiger partial charge in [0.25, 0.3) is 0 Å². The van der Waals surface area contributed by atoms with Crippen molar-refractivity contribution < 1.29 is 21.6 Å². The molecule has 0 saturated carbocycles. The summed E-state index contributed by atoms with van der Waals surface area (Å²) >= 11 is 2.13. The Kier molecular flexibility index (Phi) is 5.86. The van der Waals surface area contributed by atoms with Gasteiger partial charge in [-0.25, -0.2) is 26.3 Å². The first-order chi connectivity index (χ1) is 8.38. The lowest BCUT2D eigenvalue weighted by Gasteiger charge is -2.08. The largest absolute Gasteiger partial charge is 0.246 e. The van der Waals surface area contributed by atoms with Gasteiger partial charge < -0.3 is 0 Å². The molecule has 1 aromatic carbocycles. The molecule has 0 aliphatic rings. The lowest BCUT2D eigenvalue weighted by Crippen LogP contribution is -2.26. The van der Waals surface area contributed by atoms with Crippen molar-refractivity contribution in [3.63, 3.8) is 0 Å². The SMILES string of the molecule is O=S(=O)(NCCCCI)c1c(F)cc(F)cc1F. The molecule has 0 heterocycles. The minimum absolute atomic E-state index is 0.0849. The van der Waals surface area contributed by atoms with Gasteiger partial charge in [-0.1, -0.05) is 22.6 Å². The molecule has 0 aliphatic carbocycles. The molecule has 0 bridgehead atoms. The Labute approximate surface area is 117 Å². The molecule has 8 heteroatoms. The molecule has 0 unspecified atom stereocenters. The Morgan fingerprint density at radius 3 is 2.17 bits per heavy atom. The second-order valence-corrected chi connectivity index (χ2v) is 6.27. The second kappa shape index (κ2) is 6.71. The van der Waals surface area contributed by atoms with Crippen molar-refractivity contribution in [1.29, 1.82) is 0 Å². The minimum atomic E-state index is -4.29. The summed E-state index contributed by atoms with van der Waals surface area (Å²) in [4.78, 5) is -1.14. The molecule has 102 valence electrons. The first kappa shape index (κ1) is 15.7. The summed E-state index contributed by atoms with van der Waals surface area (Å²) in [6.45, 7) is 0.0849. The average Bonchev–Trinajstić information content (AvgIpc) is 2.22. The fourth-order valence-electron chi connectivity index (χ4n) is 1.28. The minimum Gasteiger partial charge on any atom is -0.211 e. The lowest BCUT2D eigenvalue weighted by molar-refractivity contribution is 0.493. The van der Waals surface area contributed by atoms with Crippen LogP contribution < -0.4 is 4.72 Å². The van der Waals surface area contributed by atoms with Crippen molar-refractivity contribution in [3.05, 3.63) is 29.6 Å². The summed E-state index contributed by atoms with van der Waals surface area (Å²) in [5.41, 5.74) is 0. The van der Waals surface area contributed by atoms with Gasteiger partial charge in [-0.15, -0.1) is 0 Å². The molecule has 18 heavy (non-hydrogen) atoms. The number of hydrogen-bond acceptors (Lipinski definition) is 2. The van der Waals surface area contributed by atoms with Crippen LogP contribution in [0.1, 0.15) is 12.8 Å². The monoisotopic (exact) mass is 393 g/mol. The van der Waals surface area contributed by atoms with E-state index in [-0.39, 0.29) is 6.54 Å². The molecule has 0 aromatic heterocycles. The third kappa shape index (κ3) is 4.09. The first-order valence-electron chi connectivity index (χ1n) is 5.08. The van der Waals surface area contributed by atoms with Crippen LogP contribution in [0.15, 0.2) is 17.0 Å². The number of alkyl halides is 1. The van der Waals surface area contributed by atoms with Gasteiger partial charge in [0.1, 0.15) is 17.5 Å². The van der Waals surface area contributed by atoms with E-state index in [9.17, 15) is 21.6 Å². The third-order valence-electron chi connectivity index (χ3n) is 2.08. The predicted molar refractivity (Wildman–Crippen MR) is 69.6 cm³/mol. The molecule has 0 spiro atoms. The quantitative estimate of drug-likeness (QED) is 0.459. The van der Waals surface area contributed by atoms with Gasteiger partial charge in [0.2, 0.25) is 10.0 Å². The zero-order valence-electron chi connectivity index (χ0n) is 9.22. The predicted octanol–water partition coefficient (Wildman–Crippen LogP) is 2.60. The average molecular weight is 393 g/mol. The zero-order valence-corrected chi connectivity index (χ0v) is 12.2. The van der Waals surface area contributed by atoms with E-state index >= 15 is 0 Å². The summed E-state index contributed by atoms with van der Waals surface area (Å²) in [5, 5.41) is 0. The molecule has 0 amide bonds. The van der Waals surface area contributed by atoms with E-state index in [2.05, 4.69) is 27.3 Å². The maximum Gasteiger partial charge on any atom is 0.246 e. The van der Waals surface area contributed by atoms with E-state index < -0.39 is 32.4 Å². The van der Waals surface area contributed by atoms with Gasteiger partial charge in [0.15, 0.2) is 4.90 Å². The van der Waals surface area contributed by atoms with Gasteiger partial charge >= 0.3 is 0 Å². The molecule has 0 atom stereocenters. The van der Waals surface area contributed by atoms with E-state index in [1.54, 1.807) is 0 Å². The van der Waals surface area contributed by atoms with Crippen molar-refractivity contribution in [2.24, 2.45) is 0 Å². The van der Waals surface area contributed by atoms with Crippen LogP contribution in [0, 0.1) is 17.5 Å². The fourth-order valence-corrected chi connectivity index (χ4v) is 3.01. The van der Waals surface area contributed by atoms with Crippen LogP contribution in [0.4, 0.5) is 13.2 Å². The van der Waals surface area contributed by atoms with Gasteiger partial charge in [0, 0.05) is 18.7 Å². The number of rotatable bonds is 6. The van der Waals surface area contributed by atoms with E-state index in [4.69, 9.17) is 0 Å². The van der Waals surface area contributed by atoms with Crippen molar-refractivity contribution >= 4 is 32.6 Å². The Morgan fingerprint density at radius 2 is 1.67 bits per heavy atom. The van der Waals surface area contributed by atoms with E-state index in [0.717, 1.165) is 10.8 Å². The lowest BCUT2D eigenvalue weighted by atomic mass is 10.3. The number of benzene rings is 1. The van der Waals surface area contributed by atoms with Gasteiger partial charge in [-0.2, -0.15) is 0 Å². The summed E-state index contributed by atoms with van der Waals surface area (Å²) in [5.74, 6) is -4.03. The van der Waals surface area contributed by atoms with Crippen LogP contribution in [0.5, 0.6) is 0 Å². The molecule has 0 radical (unpaired) electrons. The molecule has 0 fully saturated rings. The number of hydrogen-bond donors (Lipinski definition) is 1. The Hall–Kier alpha value is -0.350. The van der Waals surface area contributed by atoms with Crippen LogP contribution in [-0.4, -0.2) is 19.4 Å². The highest BCUT2D eigenvalue weighted by Crippen LogP contribution is 2.19. The van der Waals surface area contributed by atoms with Crippen molar-refractivity contribution in [2.75, 3.05) is 11.0 Å². The summed E-state index contributed by atoms with van der Waals surface area (Å²) < 4.78 is 65.4.